The van der Waals surface area contributed by atoms with Gasteiger partial charge in [0.1, 0.15) is 0 Å². The fourth-order valence-electron chi connectivity index (χ4n) is 1.77. The summed E-state index contributed by atoms with van der Waals surface area (Å²) in [5.74, 6) is -0.186. The molecule has 1 aromatic carbocycles. The summed E-state index contributed by atoms with van der Waals surface area (Å²) in [5, 5.41) is 0. The Kier molecular flexibility index (Phi) is 5.86. The second-order valence-electron chi connectivity index (χ2n) is 4.74. The minimum Gasteiger partial charge on any atom is -0.468 e. The van der Waals surface area contributed by atoms with Crippen molar-refractivity contribution in [1.82, 2.24) is 4.90 Å². The van der Waals surface area contributed by atoms with Crippen LogP contribution in [0.1, 0.15) is 31.9 Å². The van der Waals surface area contributed by atoms with Gasteiger partial charge in [0.25, 0.3) is 0 Å². The molecule has 0 amide bonds. The number of methoxy groups -OCH3 is 1. The van der Waals surface area contributed by atoms with Crippen LogP contribution in [-0.4, -0.2) is 30.6 Å². The van der Waals surface area contributed by atoms with Crippen molar-refractivity contribution >= 4 is 5.97 Å². The lowest BCUT2D eigenvalue weighted by Gasteiger charge is -2.25. The number of hydrogen-bond donors (Lipinski definition) is 0. The van der Waals surface area contributed by atoms with Gasteiger partial charge in [0.15, 0.2) is 0 Å². The first-order valence-electron chi connectivity index (χ1n) is 6.45. The maximum Gasteiger partial charge on any atom is 0.319 e. The second-order valence-corrected chi connectivity index (χ2v) is 4.74. The van der Waals surface area contributed by atoms with Gasteiger partial charge >= 0.3 is 5.97 Å². The zero-order chi connectivity index (χ0) is 13.5. The first-order chi connectivity index (χ1) is 8.56. The molecule has 0 atom stereocenters. The molecule has 0 aromatic heterocycles. The molecule has 0 saturated carbocycles. The standard InChI is InChI=1S/C15H23NO2/c1-5-13-6-8-14(9-7-13)10-16(12(2)3)11-15(17)18-4/h6-9,12H,5,10-11H2,1-4H3. The van der Waals surface area contributed by atoms with Crippen LogP contribution in [0.15, 0.2) is 24.3 Å². The Balaban J connectivity index is 2.67. The quantitative estimate of drug-likeness (QED) is 0.726. The van der Waals surface area contributed by atoms with Crippen molar-refractivity contribution in [1.29, 1.82) is 0 Å². The van der Waals surface area contributed by atoms with Crippen LogP contribution in [0, 0.1) is 0 Å². The Morgan fingerprint density at radius 1 is 1.22 bits per heavy atom. The lowest BCUT2D eigenvalue weighted by Crippen LogP contribution is -2.35. The number of rotatable bonds is 6. The SMILES string of the molecule is CCc1ccc(CN(CC(=O)OC)C(C)C)cc1. The molecule has 0 saturated heterocycles. The summed E-state index contributed by atoms with van der Waals surface area (Å²) in [7, 11) is 1.43. The number of carbonyl (C=O) groups is 1. The van der Waals surface area contributed by atoms with Gasteiger partial charge in [0.2, 0.25) is 0 Å². The van der Waals surface area contributed by atoms with Crippen molar-refractivity contribution in [2.24, 2.45) is 0 Å². The van der Waals surface area contributed by atoms with E-state index in [1.54, 1.807) is 0 Å². The predicted octanol–water partition coefficient (Wildman–Crippen LogP) is 2.63. The fraction of sp³-hybridized carbons (Fsp3) is 0.533. The largest absolute Gasteiger partial charge is 0.468 e. The summed E-state index contributed by atoms with van der Waals surface area (Å²) in [6, 6.07) is 8.87. The van der Waals surface area contributed by atoms with Gasteiger partial charge < -0.3 is 4.74 Å². The summed E-state index contributed by atoms with van der Waals surface area (Å²) in [6.45, 7) is 7.43. The van der Waals surface area contributed by atoms with Gasteiger partial charge in [-0.3, -0.25) is 9.69 Å². The highest BCUT2D eigenvalue weighted by atomic mass is 16.5. The summed E-state index contributed by atoms with van der Waals surface area (Å²) in [5.41, 5.74) is 2.56. The molecule has 100 valence electrons. The molecule has 0 spiro atoms. The van der Waals surface area contributed by atoms with Gasteiger partial charge in [-0.2, -0.15) is 0 Å². The van der Waals surface area contributed by atoms with E-state index in [1.807, 2.05) is 0 Å². The van der Waals surface area contributed by atoms with Gasteiger partial charge in [-0.15, -0.1) is 0 Å². The summed E-state index contributed by atoms with van der Waals surface area (Å²) in [4.78, 5) is 13.5. The lowest BCUT2D eigenvalue weighted by molar-refractivity contribution is -0.142. The predicted molar refractivity (Wildman–Crippen MR) is 73.4 cm³/mol. The van der Waals surface area contributed by atoms with E-state index in [1.165, 1.54) is 18.2 Å². The molecule has 18 heavy (non-hydrogen) atoms. The molecule has 0 aliphatic heterocycles. The number of ether oxygens (including phenoxy) is 1. The van der Waals surface area contributed by atoms with E-state index in [-0.39, 0.29) is 5.97 Å². The Morgan fingerprint density at radius 2 is 1.78 bits per heavy atom. The zero-order valence-corrected chi connectivity index (χ0v) is 11.8. The molecule has 0 N–H and O–H groups in total. The highest BCUT2D eigenvalue weighted by molar-refractivity contribution is 5.71. The van der Waals surface area contributed by atoms with Crippen LogP contribution in [0.3, 0.4) is 0 Å². The minimum atomic E-state index is -0.186. The Labute approximate surface area is 110 Å². The first kappa shape index (κ1) is 14.7. The molecular formula is C15H23NO2. The van der Waals surface area contributed by atoms with Crippen molar-refractivity contribution in [3.63, 3.8) is 0 Å². The lowest BCUT2D eigenvalue weighted by atomic mass is 10.1. The van der Waals surface area contributed by atoms with Gasteiger partial charge in [0, 0.05) is 12.6 Å². The number of esters is 1. The zero-order valence-electron chi connectivity index (χ0n) is 11.8. The monoisotopic (exact) mass is 249 g/mol. The van der Waals surface area contributed by atoms with Gasteiger partial charge in [0.05, 0.1) is 13.7 Å². The number of nitrogens with zero attached hydrogens (tertiary/aromatic N) is 1. The van der Waals surface area contributed by atoms with Crippen LogP contribution in [0.5, 0.6) is 0 Å². The third kappa shape index (κ3) is 4.49. The number of aryl methyl sites for hydroxylation is 1. The molecule has 0 bridgehead atoms. The number of hydrogen-bond acceptors (Lipinski definition) is 3. The van der Waals surface area contributed by atoms with Crippen molar-refractivity contribution in [3.05, 3.63) is 35.4 Å². The maximum atomic E-state index is 11.4. The number of benzene rings is 1. The van der Waals surface area contributed by atoms with E-state index in [0.717, 1.165) is 13.0 Å². The van der Waals surface area contributed by atoms with Crippen LogP contribution in [0.2, 0.25) is 0 Å². The average Bonchev–Trinajstić information content (AvgIpc) is 2.38. The molecule has 0 aliphatic carbocycles. The van der Waals surface area contributed by atoms with E-state index < -0.39 is 0 Å². The molecule has 3 nitrogen and oxygen atoms in total. The Hall–Kier alpha value is -1.35. The van der Waals surface area contributed by atoms with E-state index in [0.29, 0.717) is 12.6 Å². The van der Waals surface area contributed by atoms with Crippen molar-refractivity contribution < 1.29 is 9.53 Å². The van der Waals surface area contributed by atoms with Crippen molar-refractivity contribution in [3.8, 4) is 0 Å². The molecule has 0 aliphatic rings. The molecule has 3 heteroatoms. The fourth-order valence-corrected chi connectivity index (χ4v) is 1.77. The maximum absolute atomic E-state index is 11.4. The van der Waals surface area contributed by atoms with E-state index in [2.05, 4.69) is 49.9 Å². The summed E-state index contributed by atoms with van der Waals surface area (Å²) < 4.78 is 4.72. The van der Waals surface area contributed by atoms with Crippen LogP contribution < -0.4 is 0 Å². The third-order valence-corrected chi connectivity index (χ3v) is 3.11. The normalized spacial score (nSPS) is 11.0. The second kappa shape index (κ2) is 7.17. The van der Waals surface area contributed by atoms with Gasteiger partial charge in [-0.25, -0.2) is 0 Å². The van der Waals surface area contributed by atoms with E-state index in [4.69, 9.17) is 4.74 Å². The minimum absolute atomic E-state index is 0.186. The summed E-state index contributed by atoms with van der Waals surface area (Å²) >= 11 is 0. The van der Waals surface area contributed by atoms with E-state index >= 15 is 0 Å². The van der Waals surface area contributed by atoms with Gasteiger partial charge in [-0.05, 0) is 31.4 Å². The van der Waals surface area contributed by atoms with Crippen molar-refractivity contribution in [2.45, 2.75) is 39.8 Å². The highest BCUT2D eigenvalue weighted by Crippen LogP contribution is 2.10. The highest BCUT2D eigenvalue weighted by Gasteiger charge is 2.14. The van der Waals surface area contributed by atoms with Crippen molar-refractivity contribution in [2.75, 3.05) is 13.7 Å². The Bertz CT molecular complexity index is 371. The van der Waals surface area contributed by atoms with Gasteiger partial charge in [-0.1, -0.05) is 31.2 Å². The topological polar surface area (TPSA) is 29.5 Å². The summed E-state index contributed by atoms with van der Waals surface area (Å²) in [6.07, 6.45) is 1.05. The molecule has 0 radical (unpaired) electrons. The van der Waals surface area contributed by atoms with Crippen LogP contribution in [-0.2, 0) is 22.5 Å². The molecular weight excluding hydrogens is 226 g/mol. The molecule has 0 fully saturated rings. The molecule has 0 heterocycles. The molecule has 1 aromatic rings. The van der Waals surface area contributed by atoms with Crippen LogP contribution in [0.25, 0.3) is 0 Å². The Morgan fingerprint density at radius 3 is 2.22 bits per heavy atom. The first-order valence-corrected chi connectivity index (χ1v) is 6.45. The molecule has 1 rings (SSSR count). The smallest absolute Gasteiger partial charge is 0.319 e. The third-order valence-electron chi connectivity index (χ3n) is 3.11. The van der Waals surface area contributed by atoms with Crippen LogP contribution in [0.4, 0.5) is 0 Å². The number of carbonyl (C=O) groups excluding carboxylic acids is 1. The average molecular weight is 249 g/mol. The van der Waals surface area contributed by atoms with Crippen LogP contribution >= 0.6 is 0 Å². The van der Waals surface area contributed by atoms with E-state index in [9.17, 15) is 4.79 Å². The molecule has 0 unspecified atom stereocenters.